The van der Waals surface area contributed by atoms with E-state index in [1.54, 1.807) is 17.3 Å². The fraction of sp³-hybridized carbons (Fsp3) is 0.250. The topological polar surface area (TPSA) is 33.2 Å². The fourth-order valence-corrected chi connectivity index (χ4v) is 2.67. The Kier molecular flexibility index (Phi) is 3.64. The van der Waals surface area contributed by atoms with E-state index in [-0.39, 0.29) is 18.2 Å². The van der Waals surface area contributed by atoms with Crippen LogP contribution in [0.2, 0.25) is 0 Å². The van der Waals surface area contributed by atoms with E-state index in [4.69, 9.17) is 0 Å². The predicted molar refractivity (Wildman–Crippen MR) is 73.4 cm³/mol. The maximum absolute atomic E-state index is 13.3. The highest BCUT2D eigenvalue weighted by Gasteiger charge is 2.31. The van der Waals surface area contributed by atoms with E-state index in [2.05, 4.69) is 4.98 Å². The van der Waals surface area contributed by atoms with Gasteiger partial charge < -0.3 is 4.90 Å². The molecular formula is C16H14F2N2O. The summed E-state index contributed by atoms with van der Waals surface area (Å²) in [6.07, 6.45) is 3.67. The van der Waals surface area contributed by atoms with E-state index in [0.29, 0.717) is 18.7 Å². The van der Waals surface area contributed by atoms with E-state index in [1.165, 1.54) is 12.1 Å². The van der Waals surface area contributed by atoms with Gasteiger partial charge >= 0.3 is 0 Å². The highest BCUT2D eigenvalue weighted by atomic mass is 19.1. The number of pyridine rings is 1. The van der Waals surface area contributed by atoms with Crippen molar-refractivity contribution in [3.05, 3.63) is 65.5 Å². The normalized spacial score (nSPS) is 18.3. The number of nitrogens with zero attached hydrogens (tertiary/aromatic N) is 2. The lowest BCUT2D eigenvalue weighted by atomic mass is 9.98. The molecule has 21 heavy (non-hydrogen) atoms. The number of rotatable bonds is 3. The van der Waals surface area contributed by atoms with Gasteiger partial charge in [-0.25, -0.2) is 8.78 Å². The molecule has 1 aliphatic rings. The number of carbonyl (C=O) groups is 1. The molecule has 1 amide bonds. The molecule has 1 atom stereocenters. The van der Waals surface area contributed by atoms with Crippen molar-refractivity contribution in [3.8, 4) is 0 Å². The Balaban J connectivity index is 1.75. The molecule has 0 spiro atoms. The van der Waals surface area contributed by atoms with E-state index in [1.807, 2.05) is 12.1 Å². The molecule has 1 aliphatic heterocycles. The van der Waals surface area contributed by atoms with Crippen molar-refractivity contribution in [1.82, 2.24) is 9.88 Å². The summed E-state index contributed by atoms with van der Waals surface area (Å²) < 4.78 is 26.6. The summed E-state index contributed by atoms with van der Waals surface area (Å²) >= 11 is 0. The zero-order valence-corrected chi connectivity index (χ0v) is 11.3. The number of amides is 1. The van der Waals surface area contributed by atoms with Crippen molar-refractivity contribution >= 4 is 5.91 Å². The number of hydrogen-bond donors (Lipinski definition) is 0. The van der Waals surface area contributed by atoms with E-state index in [0.717, 1.165) is 11.6 Å². The lowest BCUT2D eigenvalue weighted by molar-refractivity contribution is -0.128. The van der Waals surface area contributed by atoms with Gasteiger partial charge in [0.25, 0.3) is 0 Å². The van der Waals surface area contributed by atoms with Crippen molar-refractivity contribution in [2.75, 3.05) is 6.54 Å². The number of likely N-dealkylation sites (tertiary alicyclic amines) is 1. The molecule has 3 rings (SSSR count). The average Bonchev–Trinajstić information content (AvgIpc) is 2.80. The minimum Gasteiger partial charge on any atom is -0.338 e. The first-order chi connectivity index (χ1) is 10.1. The Hall–Kier alpha value is -2.30. The molecule has 5 heteroatoms. The third-order valence-corrected chi connectivity index (χ3v) is 3.67. The molecule has 2 heterocycles. The molecule has 1 aromatic heterocycles. The monoisotopic (exact) mass is 288 g/mol. The van der Waals surface area contributed by atoms with Gasteiger partial charge in [0, 0.05) is 43.9 Å². The summed E-state index contributed by atoms with van der Waals surface area (Å²) in [6, 6.07) is 7.15. The Bertz CT molecular complexity index is 640. The van der Waals surface area contributed by atoms with Crippen LogP contribution in [0.5, 0.6) is 0 Å². The van der Waals surface area contributed by atoms with Gasteiger partial charge in [0.2, 0.25) is 5.91 Å². The molecular weight excluding hydrogens is 274 g/mol. The van der Waals surface area contributed by atoms with Crippen molar-refractivity contribution in [2.45, 2.75) is 18.9 Å². The van der Waals surface area contributed by atoms with Crippen molar-refractivity contribution in [2.24, 2.45) is 0 Å². The summed E-state index contributed by atoms with van der Waals surface area (Å²) in [4.78, 5) is 17.8. The predicted octanol–water partition coefficient (Wildman–Crippen LogP) is 2.88. The second-order valence-corrected chi connectivity index (χ2v) is 5.24. The van der Waals surface area contributed by atoms with Crippen molar-refractivity contribution < 1.29 is 13.6 Å². The van der Waals surface area contributed by atoms with E-state index >= 15 is 0 Å². The SMILES string of the molecule is O=C1CC(c2cc(F)cc(F)c2)CN1Cc1cccnc1. The number of halogens is 2. The maximum atomic E-state index is 13.3. The number of benzene rings is 1. The van der Waals surface area contributed by atoms with Crippen LogP contribution in [0.3, 0.4) is 0 Å². The second-order valence-electron chi connectivity index (χ2n) is 5.24. The summed E-state index contributed by atoms with van der Waals surface area (Å²) in [6.45, 7) is 0.942. The molecule has 3 nitrogen and oxygen atoms in total. The molecule has 108 valence electrons. The van der Waals surface area contributed by atoms with Gasteiger partial charge in [0.05, 0.1) is 0 Å². The molecule has 0 bridgehead atoms. The van der Waals surface area contributed by atoms with Crippen LogP contribution >= 0.6 is 0 Å². The molecule has 1 aromatic carbocycles. The molecule has 0 aliphatic carbocycles. The molecule has 1 fully saturated rings. The van der Waals surface area contributed by atoms with E-state index < -0.39 is 11.6 Å². The Morgan fingerprint density at radius 3 is 2.67 bits per heavy atom. The van der Waals surface area contributed by atoms with Crippen LogP contribution in [-0.2, 0) is 11.3 Å². The summed E-state index contributed by atoms with van der Waals surface area (Å²) in [5.41, 5.74) is 1.48. The third-order valence-electron chi connectivity index (χ3n) is 3.67. The van der Waals surface area contributed by atoms with Crippen LogP contribution in [0.1, 0.15) is 23.5 Å². The number of carbonyl (C=O) groups excluding carboxylic acids is 1. The molecule has 1 saturated heterocycles. The van der Waals surface area contributed by atoms with Gasteiger partial charge in [-0.05, 0) is 29.3 Å². The van der Waals surface area contributed by atoms with Crippen LogP contribution in [0.4, 0.5) is 8.78 Å². The fourth-order valence-electron chi connectivity index (χ4n) is 2.67. The van der Waals surface area contributed by atoms with Gasteiger partial charge in [-0.1, -0.05) is 6.07 Å². The second kappa shape index (κ2) is 5.60. The third kappa shape index (κ3) is 3.07. The lowest BCUT2D eigenvalue weighted by Gasteiger charge is -2.16. The number of hydrogen-bond acceptors (Lipinski definition) is 2. The summed E-state index contributed by atoms with van der Waals surface area (Å²) in [5.74, 6) is -1.39. The zero-order valence-electron chi connectivity index (χ0n) is 11.3. The summed E-state index contributed by atoms with van der Waals surface area (Å²) in [5, 5.41) is 0. The Morgan fingerprint density at radius 2 is 2.00 bits per heavy atom. The smallest absolute Gasteiger partial charge is 0.223 e. The molecule has 0 N–H and O–H groups in total. The molecule has 0 radical (unpaired) electrons. The van der Waals surface area contributed by atoms with E-state index in [9.17, 15) is 13.6 Å². The lowest BCUT2D eigenvalue weighted by Crippen LogP contribution is -2.24. The van der Waals surface area contributed by atoms with Crippen molar-refractivity contribution in [3.63, 3.8) is 0 Å². The highest BCUT2D eigenvalue weighted by Crippen LogP contribution is 2.30. The van der Waals surface area contributed by atoms with Gasteiger partial charge in [0.1, 0.15) is 11.6 Å². The van der Waals surface area contributed by atoms with Crippen LogP contribution in [0.15, 0.2) is 42.7 Å². The first kappa shape index (κ1) is 13.7. The van der Waals surface area contributed by atoms with Crippen molar-refractivity contribution in [1.29, 1.82) is 0 Å². The minimum absolute atomic E-state index is 0.00600. The zero-order chi connectivity index (χ0) is 14.8. The minimum atomic E-state index is -0.608. The Labute approximate surface area is 121 Å². The van der Waals surface area contributed by atoms with Crippen LogP contribution in [0.25, 0.3) is 0 Å². The molecule has 2 aromatic rings. The van der Waals surface area contributed by atoms with Crippen LogP contribution in [-0.4, -0.2) is 22.3 Å². The average molecular weight is 288 g/mol. The van der Waals surface area contributed by atoms with Crippen LogP contribution < -0.4 is 0 Å². The maximum Gasteiger partial charge on any atom is 0.223 e. The first-order valence-electron chi connectivity index (χ1n) is 6.74. The molecule has 0 saturated carbocycles. The quantitative estimate of drug-likeness (QED) is 0.870. The van der Waals surface area contributed by atoms with Gasteiger partial charge in [0.15, 0.2) is 0 Å². The number of aromatic nitrogens is 1. The van der Waals surface area contributed by atoms with Gasteiger partial charge in [-0.3, -0.25) is 9.78 Å². The van der Waals surface area contributed by atoms with Gasteiger partial charge in [-0.15, -0.1) is 0 Å². The Morgan fingerprint density at radius 1 is 1.24 bits per heavy atom. The first-order valence-corrected chi connectivity index (χ1v) is 6.74. The summed E-state index contributed by atoms with van der Waals surface area (Å²) in [7, 11) is 0. The standard InChI is InChI=1S/C16H14F2N2O/c17-14-4-12(5-15(18)7-14)13-6-16(21)20(10-13)9-11-2-1-3-19-8-11/h1-5,7-8,13H,6,9-10H2. The highest BCUT2D eigenvalue weighted by molar-refractivity contribution is 5.79. The largest absolute Gasteiger partial charge is 0.338 e. The van der Waals surface area contributed by atoms with Crippen LogP contribution in [0, 0.1) is 11.6 Å². The van der Waals surface area contributed by atoms with Gasteiger partial charge in [-0.2, -0.15) is 0 Å². The molecule has 1 unspecified atom stereocenters.